The first kappa shape index (κ1) is 15.7. The number of hydrogen-bond acceptors (Lipinski definition) is 4. The predicted molar refractivity (Wildman–Crippen MR) is 79.9 cm³/mol. The molecule has 0 aromatic heterocycles. The van der Waals surface area contributed by atoms with E-state index in [4.69, 9.17) is 17.3 Å². The second kappa shape index (κ2) is 6.87. The summed E-state index contributed by atoms with van der Waals surface area (Å²) in [6.07, 6.45) is 3.20. The molecule has 1 fully saturated rings. The number of amides is 1. The molecule has 21 heavy (non-hydrogen) atoms. The number of carbonyl (C=O) groups is 1. The lowest BCUT2D eigenvalue weighted by Crippen LogP contribution is -2.36. The predicted octanol–water partition coefficient (Wildman–Crippen LogP) is 2.38. The van der Waals surface area contributed by atoms with Gasteiger partial charge in [0.1, 0.15) is 0 Å². The SMILES string of the molecule is NC(=O)C1CCC(NCc2c(Cl)cccc2[N+](=O)[O-])CC1. The molecule has 0 radical (unpaired) electrons. The van der Waals surface area contributed by atoms with Crippen molar-refractivity contribution in [3.63, 3.8) is 0 Å². The van der Waals surface area contributed by atoms with Crippen molar-refractivity contribution >= 4 is 23.2 Å². The van der Waals surface area contributed by atoms with E-state index in [1.54, 1.807) is 12.1 Å². The number of nitro groups is 1. The van der Waals surface area contributed by atoms with Gasteiger partial charge in [-0.05, 0) is 31.7 Å². The summed E-state index contributed by atoms with van der Waals surface area (Å²) in [6.45, 7) is 0.349. The maximum absolute atomic E-state index is 11.1. The molecule has 6 nitrogen and oxygen atoms in total. The van der Waals surface area contributed by atoms with Crippen LogP contribution in [-0.4, -0.2) is 16.9 Å². The molecule has 1 aliphatic rings. The van der Waals surface area contributed by atoms with Crippen LogP contribution < -0.4 is 11.1 Å². The minimum Gasteiger partial charge on any atom is -0.369 e. The lowest BCUT2D eigenvalue weighted by atomic mass is 9.85. The van der Waals surface area contributed by atoms with Crippen molar-refractivity contribution in [2.75, 3.05) is 0 Å². The molecule has 1 saturated carbocycles. The second-order valence-corrected chi connectivity index (χ2v) is 5.73. The molecule has 7 heteroatoms. The van der Waals surface area contributed by atoms with Crippen molar-refractivity contribution in [3.8, 4) is 0 Å². The quantitative estimate of drug-likeness (QED) is 0.644. The van der Waals surface area contributed by atoms with E-state index in [0.29, 0.717) is 17.1 Å². The average Bonchev–Trinajstić information content (AvgIpc) is 2.46. The molecule has 0 aliphatic heterocycles. The summed E-state index contributed by atoms with van der Waals surface area (Å²) >= 11 is 6.05. The van der Waals surface area contributed by atoms with E-state index in [2.05, 4.69) is 5.32 Å². The minimum atomic E-state index is -0.424. The van der Waals surface area contributed by atoms with Crippen molar-refractivity contribution < 1.29 is 9.72 Å². The molecule has 0 atom stereocenters. The van der Waals surface area contributed by atoms with Gasteiger partial charge in [-0.3, -0.25) is 14.9 Å². The van der Waals surface area contributed by atoms with E-state index >= 15 is 0 Å². The number of nitrogens with zero attached hydrogens (tertiary/aromatic N) is 1. The van der Waals surface area contributed by atoms with Crippen molar-refractivity contribution in [2.45, 2.75) is 38.3 Å². The van der Waals surface area contributed by atoms with E-state index in [1.807, 2.05) is 0 Å². The molecular formula is C14H18ClN3O3. The number of halogens is 1. The first-order chi connectivity index (χ1) is 9.99. The van der Waals surface area contributed by atoms with Crippen LogP contribution in [0.1, 0.15) is 31.2 Å². The fraction of sp³-hybridized carbons (Fsp3) is 0.500. The first-order valence-electron chi connectivity index (χ1n) is 6.93. The Hall–Kier alpha value is -1.66. The van der Waals surface area contributed by atoms with Gasteiger partial charge < -0.3 is 11.1 Å². The Morgan fingerprint density at radius 3 is 2.62 bits per heavy atom. The summed E-state index contributed by atoms with van der Waals surface area (Å²) < 4.78 is 0. The van der Waals surface area contributed by atoms with Gasteiger partial charge >= 0.3 is 0 Å². The van der Waals surface area contributed by atoms with E-state index < -0.39 is 4.92 Å². The molecule has 2 rings (SSSR count). The van der Waals surface area contributed by atoms with Gasteiger partial charge in [0.2, 0.25) is 5.91 Å². The van der Waals surface area contributed by atoms with Gasteiger partial charge in [0.15, 0.2) is 0 Å². The fourth-order valence-electron chi connectivity index (χ4n) is 2.72. The van der Waals surface area contributed by atoms with E-state index in [9.17, 15) is 14.9 Å². The summed E-state index contributed by atoms with van der Waals surface area (Å²) in [7, 11) is 0. The lowest BCUT2D eigenvalue weighted by Gasteiger charge is -2.27. The molecule has 114 valence electrons. The highest BCUT2D eigenvalue weighted by atomic mass is 35.5. The smallest absolute Gasteiger partial charge is 0.275 e. The zero-order chi connectivity index (χ0) is 15.4. The Kier molecular flexibility index (Phi) is 5.14. The van der Waals surface area contributed by atoms with Gasteiger partial charge in [-0.25, -0.2) is 0 Å². The van der Waals surface area contributed by atoms with Crippen LogP contribution in [0, 0.1) is 16.0 Å². The van der Waals surface area contributed by atoms with Gasteiger partial charge in [0.25, 0.3) is 5.69 Å². The Bertz CT molecular complexity index is 542. The maximum atomic E-state index is 11.1. The fourth-order valence-corrected chi connectivity index (χ4v) is 2.96. The third kappa shape index (κ3) is 3.92. The summed E-state index contributed by atoms with van der Waals surface area (Å²) in [6, 6.07) is 4.90. The topological polar surface area (TPSA) is 98.3 Å². The number of hydrogen-bond donors (Lipinski definition) is 2. The van der Waals surface area contributed by atoms with Crippen molar-refractivity contribution in [1.29, 1.82) is 0 Å². The molecule has 0 heterocycles. The number of primary amides is 1. The number of nitrogens with one attached hydrogen (secondary N) is 1. The molecule has 0 spiro atoms. The highest BCUT2D eigenvalue weighted by Crippen LogP contribution is 2.28. The summed E-state index contributed by atoms with van der Waals surface area (Å²) in [5, 5.41) is 14.7. The molecule has 3 N–H and O–H groups in total. The van der Waals surface area contributed by atoms with Gasteiger partial charge in [-0.1, -0.05) is 17.7 Å². The van der Waals surface area contributed by atoms with E-state index in [-0.39, 0.29) is 23.6 Å². The third-order valence-corrected chi connectivity index (χ3v) is 4.34. The zero-order valence-corrected chi connectivity index (χ0v) is 12.3. The van der Waals surface area contributed by atoms with Crippen molar-refractivity contribution in [2.24, 2.45) is 11.7 Å². The molecule has 1 aliphatic carbocycles. The molecule has 0 saturated heterocycles. The van der Waals surface area contributed by atoms with Gasteiger partial charge in [-0.15, -0.1) is 0 Å². The molecular weight excluding hydrogens is 294 g/mol. The average molecular weight is 312 g/mol. The van der Waals surface area contributed by atoms with Crippen molar-refractivity contribution in [3.05, 3.63) is 38.9 Å². The highest BCUT2D eigenvalue weighted by Gasteiger charge is 2.25. The number of nitro benzene ring substituents is 1. The van der Waals surface area contributed by atoms with Crippen LogP contribution in [-0.2, 0) is 11.3 Å². The number of benzene rings is 1. The maximum Gasteiger partial charge on any atom is 0.275 e. The molecule has 0 bridgehead atoms. The van der Waals surface area contributed by atoms with Crippen LogP contribution in [0.15, 0.2) is 18.2 Å². The van der Waals surface area contributed by atoms with Crippen LogP contribution in [0.5, 0.6) is 0 Å². The zero-order valence-electron chi connectivity index (χ0n) is 11.5. The summed E-state index contributed by atoms with van der Waals surface area (Å²) in [4.78, 5) is 21.7. The van der Waals surface area contributed by atoms with E-state index in [0.717, 1.165) is 25.7 Å². The van der Waals surface area contributed by atoms with Gasteiger partial charge in [-0.2, -0.15) is 0 Å². The lowest BCUT2D eigenvalue weighted by molar-refractivity contribution is -0.385. The van der Waals surface area contributed by atoms with Crippen LogP contribution in [0.2, 0.25) is 5.02 Å². The van der Waals surface area contributed by atoms with Crippen molar-refractivity contribution in [1.82, 2.24) is 5.32 Å². The highest BCUT2D eigenvalue weighted by molar-refractivity contribution is 6.31. The Balaban J connectivity index is 1.95. The van der Waals surface area contributed by atoms with Gasteiger partial charge in [0, 0.05) is 24.6 Å². The third-order valence-electron chi connectivity index (χ3n) is 3.99. The summed E-state index contributed by atoms with van der Waals surface area (Å²) in [5.74, 6) is -0.284. The van der Waals surface area contributed by atoms with E-state index in [1.165, 1.54) is 6.07 Å². The minimum absolute atomic E-state index is 0.0285. The monoisotopic (exact) mass is 311 g/mol. The molecule has 1 aromatic rings. The Labute approximate surface area is 127 Å². The Morgan fingerprint density at radius 1 is 1.38 bits per heavy atom. The first-order valence-corrected chi connectivity index (χ1v) is 7.31. The molecule has 1 amide bonds. The largest absolute Gasteiger partial charge is 0.369 e. The number of rotatable bonds is 5. The van der Waals surface area contributed by atoms with Crippen LogP contribution in [0.4, 0.5) is 5.69 Å². The standard InChI is InChI=1S/C14H18ClN3O3/c15-12-2-1-3-13(18(20)21)11(12)8-17-10-6-4-9(5-7-10)14(16)19/h1-3,9-10,17H,4-8H2,(H2,16,19). The molecule has 0 unspecified atom stereocenters. The summed E-state index contributed by atoms with van der Waals surface area (Å²) in [5.41, 5.74) is 5.83. The molecule has 1 aromatic carbocycles. The van der Waals surface area contributed by atoms with Gasteiger partial charge in [0.05, 0.1) is 15.5 Å². The Morgan fingerprint density at radius 2 is 2.05 bits per heavy atom. The number of carbonyl (C=O) groups excluding carboxylic acids is 1. The van der Waals surface area contributed by atoms with Crippen LogP contribution >= 0.6 is 11.6 Å². The number of nitrogens with two attached hydrogens (primary N) is 1. The van der Waals surface area contributed by atoms with Crippen LogP contribution in [0.3, 0.4) is 0 Å². The normalized spacial score (nSPS) is 22.0. The second-order valence-electron chi connectivity index (χ2n) is 5.33. The van der Waals surface area contributed by atoms with Crippen LogP contribution in [0.25, 0.3) is 0 Å².